The highest BCUT2D eigenvalue weighted by Crippen LogP contribution is 2.37. The summed E-state index contributed by atoms with van der Waals surface area (Å²) in [7, 11) is 0. The van der Waals surface area contributed by atoms with Gasteiger partial charge in [0.1, 0.15) is 6.54 Å². The molecule has 146 valence electrons. The molecule has 3 rings (SSSR count). The molecule has 0 aliphatic carbocycles. The maximum atomic E-state index is 12.6. The summed E-state index contributed by atoms with van der Waals surface area (Å²) in [6.07, 6.45) is 0.853. The number of para-hydroxylation sites is 1. The summed E-state index contributed by atoms with van der Waals surface area (Å²) in [6, 6.07) is 16.3. The van der Waals surface area contributed by atoms with E-state index in [-0.39, 0.29) is 25.0 Å². The van der Waals surface area contributed by atoms with Gasteiger partial charge in [-0.05, 0) is 30.7 Å². The van der Waals surface area contributed by atoms with E-state index in [1.54, 1.807) is 47.0 Å². The van der Waals surface area contributed by atoms with Crippen LogP contribution < -0.4 is 10.2 Å². The predicted octanol–water partition coefficient (Wildman–Crippen LogP) is 2.88. The van der Waals surface area contributed by atoms with Crippen LogP contribution in [0.2, 0.25) is 0 Å². The molecule has 1 atom stereocenters. The average molecular weight is 398 g/mol. The molecule has 2 amide bonds. The number of hydrogen-bond acceptors (Lipinski definition) is 5. The molecule has 0 saturated heterocycles. The molecule has 0 spiro atoms. The fourth-order valence-electron chi connectivity index (χ4n) is 2.86. The number of anilines is 1. The molecule has 6 nitrogen and oxygen atoms in total. The number of carbonyl (C=O) groups excluding carboxylic acids is 3. The third kappa shape index (κ3) is 5.13. The van der Waals surface area contributed by atoms with Crippen LogP contribution in [0, 0.1) is 0 Å². The largest absolute Gasteiger partial charge is 0.454 e. The summed E-state index contributed by atoms with van der Waals surface area (Å²) >= 11 is 1.74. The van der Waals surface area contributed by atoms with Crippen LogP contribution in [0.1, 0.15) is 23.7 Å². The van der Waals surface area contributed by atoms with E-state index in [1.165, 1.54) is 0 Å². The van der Waals surface area contributed by atoms with Crippen LogP contribution in [-0.2, 0) is 14.3 Å². The van der Waals surface area contributed by atoms with E-state index >= 15 is 0 Å². The first-order chi connectivity index (χ1) is 13.5. The van der Waals surface area contributed by atoms with Gasteiger partial charge in [-0.2, -0.15) is 0 Å². The highest BCUT2D eigenvalue weighted by Gasteiger charge is 2.24. The van der Waals surface area contributed by atoms with Gasteiger partial charge in [-0.3, -0.25) is 14.4 Å². The number of amides is 2. The molecular weight excluding hydrogens is 376 g/mol. The van der Waals surface area contributed by atoms with Gasteiger partial charge in [0.15, 0.2) is 6.61 Å². The summed E-state index contributed by atoms with van der Waals surface area (Å²) in [5.41, 5.74) is 1.30. The standard InChI is InChI=1S/C21H22N2O4S/c1-15-11-12-23(17-9-5-6-10-18(17)28-15)19(24)14-27-20(25)13-22-21(26)16-7-3-2-4-8-16/h2-10,15H,11-14H2,1H3,(H,22,26)/t15-/m1/s1. The highest BCUT2D eigenvalue weighted by molar-refractivity contribution is 8.00. The normalized spacial score (nSPS) is 15.9. The van der Waals surface area contributed by atoms with E-state index in [9.17, 15) is 14.4 Å². The molecule has 2 aromatic rings. The highest BCUT2D eigenvalue weighted by atomic mass is 32.2. The van der Waals surface area contributed by atoms with Gasteiger partial charge in [-0.1, -0.05) is 37.3 Å². The Bertz CT molecular complexity index is 856. The zero-order valence-electron chi connectivity index (χ0n) is 15.6. The maximum Gasteiger partial charge on any atom is 0.325 e. The Labute approximate surface area is 168 Å². The van der Waals surface area contributed by atoms with Crippen LogP contribution >= 0.6 is 11.8 Å². The molecule has 1 heterocycles. The molecule has 0 bridgehead atoms. The first kappa shape index (κ1) is 19.9. The molecule has 0 unspecified atom stereocenters. The molecular formula is C21H22N2O4S. The van der Waals surface area contributed by atoms with Crippen LogP contribution in [0.4, 0.5) is 5.69 Å². The van der Waals surface area contributed by atoms with Crippen molar-refractivity contribution in [2.75, 3.05) is 24.6 Å². The van der Waals surface area contributed by atoms with Crippen LogP contribution in [0.5, 0.6) is 0 Å². The van der Waals surface area contributed by atoms with Gasteiger partial charge in [0.2, 0.25) is 0 Å². The number of rotatable bonds is 5. The monoisotopic (exact) mass is 398 g/mol. The van der Waals surface area contributed by atoms with Crippen molar-refractivity contribution >= 4 is 35.2 Å². The number of carbonyl (C=O) groups is 3. The fourth-order valence-corrected chi connectivity index (χ4v) is 3.97. The quantitative estimate of drug-likeness (QED) is 0.784. The number of nitrogens with one attached hydrogen (secondary N) is 1. The van der Waals surface area contributed by atoms with Crippen molar-refractivity contribution in [1.29, 1.82) is 0 Å². The molecule has 0 saturated carbocycles. The lowest BCUT2D eigenvalue weighted by atomic mass is 10.2. The summed E-state index contributed by atoms with van der Waals surface area (Å²) in [4.78, 5) is 39.2. The Morgan fingerprint density at radius 1 is 1.11 bits per heavy atom. The van der Waals surface area contributed by atoms with Gasteiger partial charge in [0.05, 0.1) is 5.69 Å². The van der Waals surface area contributed by atoms with Crippen molar-refractivity contribution in [3.63, 3.8) is 0 Å². The van der Waals surface area contributed by atoms with E-state index in [0.29, 0.717) is 17.4 Å². The third-order valence-corrected chi connectivity index (χ3v) is 5.57. The maximum absolute atomic E-state index is 12.6. The second-order valence-electron chi connectivity index (χ2n) is 6.44. The zero-order chi connectivity index (χ0) is 19.9. The Kier molecular flexibility index (Phi) is 6.71. The Hall–Kier alpha value is -2.80. The SMILES string of the molecule is C[C@@H]1CCN(C(=O)COC(=O)CNC(=O)c2ccccc2)c2ccccc2S1. The molecule has 1 aliphatic heterocycles. The van der Waals surface area contributed by atoms with Crippen molar-refractivity contribution < 1.29 is 19.1 Å². The van der Waals surface area contributed by atoms with Crippen molar-refractivity contribution in [2.24, 2.45) is 0 Å². The minimum atomic E-state index is -0.650. The van der Waals surface area contributed by atoms with E-state index in [0.717, 1.165) is 17.0 Å². The Balaban J connectivity index is 1.52. The van der Waals surface area contributed by atoms with Crippen molar-refractivity contribution in [3.8, 4) is 0 Å². The molecule has 1 N–H and O–H groups in total. The number of fused-ring (bicyclic) bond motifs is 1. The van der Waals surface area contributed by atoms with Crippen LogP contribution in [-0.4, -0.2) is 42.7 Å². The van der Waals surface area contributed by atoms with Crippen LogP contribution in [0.25, 0.3) is 0 Å². The van der Waals surface area contributed by atoms with Gasteiger partial charge in [0, 0.05) is 22.3 Å². The number of ether oxygens (including phenoxy) is 1. The number of esters is 1. The first-order valence-corrected chi connectivity index (χ1v) is 9.97. The molecule has 0 aromatic heterocycles. The lowest BCUT2D eigenvalue weighted by molar-refractivity contribution is -0.146. The second kappa shape index (κ2) is 9.41. The molecule has 0 fully saturated rings. The van der Waals surface area contributed by atoms with Crippen molar-refractivity contribution in [2.45, 2.75) is 23.5 Å². The van der Waals surface area contributed by atoms with E-state index in [4.69, 9.17) is 4.74 Å². The van der Waals surface area contributed by atoms with Crippen LogP contribution in [0.3, 0.4) is 0 Å². The van der Waals surface area contributed by atoms with Gasteiger partial charge in [-0.25, -0.2) is 0 Å². The van der Waals surface area contributed by atoms with Crippen molar-refractivity contribution in [1.82, 2.24) is 5.32 Å². The number of thioether (sulfide) groups is 1. The number of nitrogens with zero attached hydrogens (tertiary/aromatic N) is 1. The number of hydrogen-bond donors (Lipinski definition) is 1. The third-order valence-electron chi connectivity index (χ3n) is 4.33. The average Bonchev–Trinajstić information content (AvgIpc) is 2.89. The lowest BCUT2D eigenvalue weighted by Gasteiger charge is -2.22. The first-order valence-electron chi connectivity index (χ1n) is 9.09. The van der Waals surface area contributed by atoms with Gasteiger partial charge >= 0.3 is 5.97 Å². The molecule has 2 aromatic carbocycles. The summed E-state index contributed by atoms with van der Waals surface area (Å²) in [5.74, 6) is -1.29. The predicted molar refractivity (Wildman–Crippen MR) is 108 cm³/mol. The zero-order valence-corrected chi connectivity index (χ0v) is 16.4. The van der Waals surface area contributed by atoms with Crippen molar-refractivity contribution in [3.05, 3.63) is 60.2 Å². The Morgan fingerprint density at radius 3 is 2.61 bits per heavy atom. The summed E-state index contributed by atoms with van der Waals surface area (Å²) in [6.45, 7) is 2.06. The lowest BCUT2D eigenvalue weighted by Crippen LogP contribution is -2.37. The minimum Gasteiger partial charge on any atom is -0.454 e. The molecule has 7 heteroatoms. The van der Waals surface area contributed by atoms with Gasteiger partial charge in [-0.15, -0.1) is 11.8 Å². The summed E-state index contributed by atoms with van der Waals surface area (Å²) in [5, 5.41) is 2.89. The van der Waals surface area contributed by atoms with E-state index in [2.05, 4.69) is 12.2 Å². The summed E-state index contributed by atoms with van der Waals surface area (Å²) < 4.78 is 5.07. The molecule has 28 heavy (non-hydrogen) atoms. The van der Waals surface area contributed by atoms with Crippen LogP contribution in [0.15, 0.2) is 59.5 Å². The topological polar surface area (TPSA) is 75.7 Å². The molecule has 0 radical (unpaired) electrons. The van der Waals surface area contributed by atoms with Gasteiger partial charge in [0.25, 0.3) is 11.8 Å². The second-order valence-corrected chi connectivity index (χ2v) is 7.92. The minimum absolute atomic E-state index is 0.273. The molecule has 1 aliphatic rings. The number of benzene rings is 2. The van der Waals surface area contributed by atoms with Gasteiger partial charge < -0.3 is 15.0 Å². The fraction of sp³-hybridized carbons (Fsp3) is 0.286. The van der Waals surface area contributed by atoms with E-state index in [1.807, 2.05) is 24.3 Å². The Morgan fingerprint density at radius 2 is 1.82 bits per heavy atom. The van der Waals surface area contributed by atoms with E-state index < -0.39 is 5.97 Å². The smallest absolute Gasteiger partial charge is 0.325 e.